The molecule has 3 aliphatic rings. The van der Waals surface area contributed by atoms with E-state index in [0.717, 1.165) is 11.9 Å². The Balaban J connectivity index is 0.000000218. The molecular weight excluding hydrogens is 508 g/mol. The monoisotopic (exact) mass is 550 g/mol. The molecule has 40 heavy (non-hydrogen) atoms. The Morgan fingerprint density at radius 2 is 1.25 bits per heavy atom. The lowest BCUT2D eigenvalue weighted by Crippen LogP contribution is -2.26. The summed E-state index contributed by atoms with van der Waals surface area (Å²) in [5.74, 6) is -6.71. The van der Waals surface area contributed by atoms with Gasteiger partial charge in [-0.25, -0.2) is 0 Å². The predicted octanol–water partition coefficient (Wildman–Crippen LogP) is 5.22. The number of carbonyl (C=O) groups is 4. The van der Waals surface area contributed by atoms with E-state index in [1.54, 1.807) is 0 Å². The average Bonchev–Trinajstić information content (AvgIpc) is 3.51. The number of hydrogen-bond acceptors (Lipinski definition) is 6. The number of fused-ring (bicyclic) bond motifs is 2. The van der Waals surface area contributed by atoms with Crippen LogP contribution in [0.4, 0.5) is 0 Å². The molecule has 8 nitrogen and oxygen atoms in total. The van der Waals surface area contributed by atoms with Gasteiger partial charge in [-0.2, -0.15) is 0 Å². The zero-order chi connectivity index (χ0) is 40.7. The fourth-order valence-corrected chi connectivity index (χ4v) is 3.64. The summed E-state index contributed by atoms with van der Waals surface area (Å²) in [7, 11) is 2.35. The molecule has 1 aliphatic carbocycles. The average molecular weight is 551 g/mol. The van der Waals surface area contributed by atoms with Gasteiger partial charge in [0.1, 0.15) is 23.0 Å². The largest absolute Gasteiger partial charge is 0.462 e. The summed E-state index contributed by atoms with van der Waals surface area (Å²) < 4.78 is 122. The van der Waals surface area contributed by atoms with E-state index in [1.807, 2.05) is 0 Å². The van der Waals surface area contributed by atoms with E-state index < -0.39 is 124 Å². The number of benzene rings is 3. The van der Waals surface area contributed by atoms with Gasteiger partial charge in [0.25, 0.3) is 17.7 Å². The van der Waals surface area contributed by atoms with Crippen molar-refractivity contribution in [1.82, 2.24) is 9.80 Å². The minimum absolute atomic E-state index is 0.163. The minimum Gasteiger partial charge on any atom is -0.462 e. The van der Waals surface area contributed by atoms with Crippen LogP contribution in [0.5, 0.6) is 17.2 Å². The van der Waals surface area contributed by atoms with Gasteiger partial charge >= 0.3 is 0 Å². The van der Waals surface area contributed by atoms with Crippen LogP contribution in [0, 0.1) is 19.8 Å². The third kappa shape index (κ3) is 5.16. The summed E-state index contributed by atoms with van der Waals surface area (Å²) in [5.41, 5.74) is -0.837. The summed E-state index contributed by atoms with van der Waals surface area (Å²) in [6.45, 7) is 2.90. The number of carbonyl (C=O) groups excluding carboxylic acids is 4. The lowest BCUT2D eigenvalue weighted by atomic mass is 9.92. The molecule has 3 aromatic carbocycles. The highest BCUT2D eigenvalue weighted by Crippen LogP contribution is 2.35. The van der Waals surface area contributed by atoms with Gasteiger partial charge in [0.05, 0.1) is 34.9 Å². The molecule has 6 rings (SSSR count). The number of likely N-dealkylation sites (N-methyl/N-ethyl adjacent to an activating group) is 1. The zero-order valence-corrected chi connectivity index (χ0v) is 21.5. The molecule has 0 bridgehead atoms. The van der Waals surface area contributed by atoms with Crippen molar-refractivity contribution in [2.75, 3.05) is 14.1 Å². The number of hydrogen-bond donors (Lipinski definition) is 0. The van der Waals surface area contributed by atoms with E-state index in [0.29, 0.717) is 4.90 Å². The molecule has 0 spiro atoms. The molecule has 0 aromatic heterocycles. The third-order valence-electron chi connectivity index (χ3n) is 5.78. The van der Waals surface area contributed by atoms with Crippen molar-refractivity contribution in [3.63, 3.8) is 0 Å². The van der Waals surface area contributed by atoms with Crippen LogP contribution in [-0.4, -0.2) is 47.5 Å². The second-order valence-electron chi connectivity index (χ2n) is 8.61. The maximum atomic E-state index is 12.4. The molecule has 0 saturated carbocycles. The van der Waals surface area contributed by atoms with E-state index in [-0.39, 0.29) is 40.9 Å². The Hall–Kier alpha value is -4.98. The predicted molar refractivity (Wildman–Crippen MR) is 148 cm³/mol. The quantitative estimate of drug-likeness (QED) is 0.414. The first-order valence-corrected chi connectivity index (χ1v) is 11.6. The van der Waals surface area contributed by atoms with Crippen molar-refractivity contribution in [1.29, 1.82) is 0 Å². The van der Waals surface area contributed by atoms with Gasteiger partial charge < -0.3 is 9.47 Å². The second-order valence-corrected chi connectivity index (χ2v) is 8.61. The van der Waals surface area contributed by atoms with Gasteiger partial charge in [-0.3, -0.25) is 29.0 Å². The summed E-state index contributed by atoms with van der Waals surface area (Å²) in [5, 5.41) is 0. The van der Waals surface area contributed by atoms with Crippen molar-refractivity contribution in [2.24, 2.45) is 5.92 Å². The summed E-state index contributed by atoms with van der Waals surface area (Å²) in [6.07, 6.45) is -1.63. The topological polar surface area (TPSA) is 93.2 Å². The summed E-state index contributed by atoms with van der Waals surface area (Å²) in [6, 6.07) is -6.20. The van der Waals surface area contributed by atoms with Crippen LogP contribution >= 0.6 is 0 Å². The Labute approximate surface area is 251 Å². The number of likely N-dealkylation sites (tertiary alicyclic amines) is 1. The second kappa shape index (κ2) is 10.6. The van der Waals surface area contributed by atoms with Crippen LogP contribution in [-0.2, 0) is 9.59 Å². The van der Waals surface area contributed by atoms with Crippen LogP contribution < -0.4 is 9.47 Å². The van der Waals surface area contributed by atoms with Crippen molar-refractivity contribution in [2.45, 2.75) is 20.2 Å². The first-order chi connectivity index (χ1) is 25.0. The molecule has 2 atom stereocenters. The van der Waals surface area contributed by atoms with Gasteiger partial charge in [0, 0.05) is 27.4 Å². The highest BCUT2D eigenvalue weighted by atomic mass is 16.5. The smallest absolute Gasteiger partial charge is 0.261 e. The molecule has 0 radical (unpaired) electrons. The van der Waals surface area contributed by atoms with Crippen molar-refractivity contribution in [3.05, 3.63) is 112 Å². The SMILES string of the molecule is [2H]C1=C(Oc2c([2H])c([2H])c3c(c2[2H])C(=O)N(C)C3=O)C([2H])C2C(=O)N(C)C(=O)C2=C1[2H].[2H]c1c([2H])c(Oc2c([2H])c([2H])c(C)c([2H])c2[2H])c([2H])c([2H])c1C. The molecule has 0 N–H and O–H groups in total. The Bertz CT molecular complexity index is 2220. The Kier molecular flexibility index (Phi) is 3.84. The standard InChI is InChI=1S/C18H14N2O5.C14H14O/c1-19-15(21)11-5-3-9(7-13(11)17(19)23)25-10-4-6-12-14(8-10)18(24)20(2)16(12)22;1-11-3-7-13(8-4-11)15-14-9-5-12(2)6-10-14/h3-7,14H,8H2,1-2H3;3-10H,1-2H3/i3D,4D,5D,6D,7D,8D;3D,4D,5D,6D,7D,8D,9D,10D. The van der Waals surface area contributed by atoms with Crippen molar-refractivity contribution in [3.8, 4) is 17.2 Å². The lowest BCUT2D eigenvalue weighted by Gasteiger charge is -2.17. The van der Waals surface area contributed by atoms with Crippen LogP contribution in [0.3, 0.4) is 0 Å². The molecule has 2 aliphatic heterocycles. The molecular formula is C32H28N2O6. The molecule has 202 valence electrons. The minimum atomic E-state index is -1.63. The van der Waals surface area contributed by atoms with Gasteiger partial charge in [-0.1, -0.05) is 35.3 Å². The third-order valence-corrected chi connectivity index (χ3v) is 5.78. The van der Waals surface area contributed by atoms with Crippen LogP contribution in [0.1, 0.15) is 57.4 Å². The first-order valence-electron chi connectivity index (χ1n) is 18.7. The van der Waals surface area contributed by atoms with Gasteiger partial charge in [-0.05, 0) is 68.2 Å². The summed E-state index contributed by atoms with van der Waals surface area (Å²) in [4.78, 5) is 50.6. The van der Waals surface area contributed by atoms with Crippen LogP contribution in [0.15, 0.2) is 89.9 Å². The Morgan fingerprint density at radius 1 is 0.700 bits per heavy atom. The molecule has 4 amide bonds. The maximum Gasteiger partial charge on any atom is 0.261 e. The molecule has 8 heteroatoms. The van der Waals surface area contributed by atoms with Gasteiger partial charge in [0.2, 0.25) is 5.91 Å². The molecule has 2 unspecified atom stereocenters. The van der Waals surface area contributed by atoms with E-state index in [9.17, 15) is 19.2 Å². The Morgan fingerprint density at radius 3 is 1.85 bits per heavy atom. The zero-order valence-electron chi connectivity index (χ0n) is 35.5. The number of ether oxygens (including phenoxy) is 2. The fraction of sp³-hybridized carbons (Fsp3) is 0.188. The van der Waals surface area contributed by atoms with Crippen molar-refractivity contribution < 1.29 is 47.8 Å². The van der Waals surface area contributed by atoms with Crippen LogP contribution in [0.2, 0.25) is 0 Å². The molecule has 1 saturated heterocycles. The summed E-state index contributed by atoms with van der Waals surface area (Å²) >= 11 is 0. The maximum absolute atomic E-state index is 12.4. The molecule has 3 aromatic rings. The fourth-order valence-electron chi connectivity index (χ4n) is 3.64. The van der Waals surface area contributed by atoms with E-state index in [2.05, 4.69) is 0 Å². The number of rotatable bonds is 4. The number of amides is 4. The van der Waals surface area contributed by atoms with Crippen molar-refractivity contribution >= 4 is 23.6 Å². The normalized spacial score (nSPS) is 24.8. The number of allylic oxidation sites excluding steroid dienone is 3. The van der Waals surface area contributed by atoms with E-state index >= 15 is 0 Å². The van der Waals surface area contributed by atoms with Gasteiger partial charge in [-0.15, -0.1) is 0 Å². The van der Waals surface area contributed by atoms with E-state index in [1.165, 1.54) is 20.9 Å². The highest BCUT2D eigenvalue weighted by molar-refractivity contribution is 6.21. The number of nitrogens with zero attached hydrogens (tertiary/aromatic N) is 2. The highest BCUT2D eigenvalue weighted by Gasteiger charge is 2.42. The first kappa shape index (κ1) is 14.4. The van der Waals surface area contributed by atoms with Crippen LogP contribution in [0.25, 0.3) is 0 Å². The molecule has 2 heterocycles. The number of imide groups is 2. The van der Waals surface area contributed by atoms with E-state index in [4.69, 9.17) is 28.7 Å². The lowest BCUT2D eigenvalue weighted by molar-refractivity contribution is -0.137. The van der Waals surface area contributed by atoms with Gasteiger partial charge in [0.15, 0.2) is 0 Å². The molecule has 1 fully saturated rings.